The molecule has 37 heavy (non-hydrogen) atoms. The second-order valence-corrected chi connectivity index (χ2v) is 8.96. The van der Waals surface area contributed by atoms with Gasteiger partial charge in [0.1, 0.15) is 5.69 Å². The van der Waals surface area contributed by atoms with Crippen LogP contribution in [0, 0.1) is 0 Å². The third kappa shape index (κ3) is 6.39. The van der Waals surface area contributed by atoms with Crippen molar-refractivity contribution in [1.82, 2.24) is 15.0 Å². The van der Waals surface area contributed by atoms with Gasteiger partial charge in [-0.2, -0.15) is 13.9 Å². The molecule has 0 saturated heterocycles. The number of thioether (sulfide) groups is 1. The maximum absolute atomic E-state index is 12.9. The number of anilines is 1. The molecule has 2 heterocycles. The molecule has 0 radical (unpaired) electrons. The van der Waals surface area contributed by atoms with Crippen LogP contribution in [-0.2, 0) is 6.54 Å². The van der Waals surface area contributed by atoms with Gasteiger partial charge in [-0.05, 0) is 42.3 Å². The van der Waals surface area contributed by atoms with Crippen molar-refractivity contribution in [3.63, 3.8) is 0 Å². The number of hydrogen-bond acceptors (Lipinski definition) is 8. The van der Waals surface area contributed by atoms with Crippen molar-refractivity contribution in [2.75, 3.05) is 12.4 Å². The van der Waals surface area contributed by atoms with E-state index in [1.54, 1.807) is 30.3 Å². The molecule has 192 valence electrons. The van der Waals surface area contributed by atoms with Gasteiger partial charge in [-0.3, -0.25) is 14.6 Å². The first-order valence-electron chi connectivity index (χ1n) is 11.2. The third-order valence-electron chi connectivity index (χ3n) is 5.37. The summed E-state index contributed by atoms with van der Waals surface area (Å²) in [6.45, 7) is -0.912. The summed E-state index contributed by atoms with van der Waals surface area (Å²) in [7, 11) is 1.36. The van der Waals surface area contributed by atoms with Gasteiger partial charge in [-0.1, -0.05) is 30.8 Å². The fraction of sp³-hybridized carbons (Fsp3) is 0.240. The maximum Gasteiger partial charge on any atom is 0.387 e. The summed E-state index contributed by atoms with van der Waals surface area (Å²) in [4.78, 5) is 32.9. The Morgan fingerprint density at radius 2 is 1.95 bits per heavy atom. The Hall–Kier alpha value is -4.06. The fourth-order valence-electron chi connectivity index (χ4n) is 3.60. The van der Waals surface area contributed by atoms with Crippen molar-refractivity contribution < 1.29 is 27.8 Å². The van der Waals surface area contributed by atoms with Crippen LogP contribution in [0.25, 0.3) is 0 Å². The molecule has 2 aromatic carbocycles. The van der Waals surface area contributed by atoms with E-state index in [1.807, 2.05) is 6.92 Å². The molecule has 0 spiro atoms. The van der Waals surface area contributed by atoms with Gasteiger partial charge < -0.3 is 14.8 Å². The van der Waals surface area contributed by atoms with Crippen LogP contribution in [0.1, 0.15) is 35.0 Å². The first-order chi connectivity index (χ1) is 17.9. The van der Waals surface area contributed by atoms with Crippen molar-refractivity contribution >= 4 is 34.3 Å². The number of alkyl halides is 2. The van der Waals surface area contributed by atoms with Crippen LogP contribution >= 0.6 is 11.8 Å². The zero-order valence-corrected chi connectivity index (χ0v) is 20.7. The molecule has 1 aliphatic rings. The normalized spacial score (nSPS) is 15.4. The Morgan fingerprint density at radius 1 is 1.16 bits per heavy atom. The van der Waals surface area contributed by atoms with E-state index in [9.17, 15) is 18.4 Å². The quantitative estimate of drug-likeness (QED) is 0.408. The van der Waals surface area contributed by atoms with Gasteiger partial charge in [0.15, 0.2) is 11.5 Å². The number of amides is 2. The summed E-state index contributed by atoms with van der Waals surface area (Å²) in [6, 6.07) is 11.6. The standard InChI is InChI=1S/C25H23F2N5O4S/c1-3-21-22(16-6-9-19(35-2)20(12-16)36-24(26)27)31-32(25(34)37-21)14-15-4-7-17(8-5-15)30-23(33)18-13-28-10-11-29-18/h4-13,21,24H,3,14H2,1-2H3,(H,30,33). The van der Waals surface area contributed by atoms with E-state index in [4.69, 9.17) is 4.74 Å². The molecule has 1 aromatic heterocycles. The molecule has 12 heteroatoms. The molecule has 0 fully saturated rings. The average Bonchev–Trinajstić information content (AvgIpc) is 2.90. The van der Waals surface area contributed by atoms with Gasteiger partial charge in [0.25, 0.3) is 5.91 Å². The van der Waals surface area contributed by atoms with E-state index < -0.39 is 12.5 Å². The van der Waals surface area contributed by atoms with Gasteiger partial charge in [0.2, 0.25) is 0 Å². The molecule has 1 N–H and O–H groups in total. The van der Waals surface area contributed by atoms with E-state index in [2.05, 4.69) is 25.1 Å². The van der Waals surface area contributed by atoms with E-state index in [1.165, 1.54) is 42.8 Å². The molecule has 0 bridgehead atoms. The average molecular weight is 528 g/mol. The summed E-state index contributed by atoms with van der Waals surface area (Å²) in [5.41, 5.74) is 2.65. The van der Waals surface area contributed by atoms with Gasteiger partial charge in [-0.15, -0.1) is 0 Å². The number of nitrogens with zero attached hydrogens (tertiary/aromatic N) is 4. The first kappa shape index (κ1) is 26.0. The number of ether oxygens (including phenoxy) is 2. The lowest BCUT2D eigenvalue weighted by Crippen LogP contribution is -2.34. The molecule has 0 saturated carbocycles. The minimum absolute atomic E-state index is 0.111. The van der Waals surface area contributed by atoms with Crippen molar-refractivity contribution in [3.05, 3.63) is 77.9 Å². The minimum Gasteiger partial charge on any atom is -0.493 e. The Morgan fingerprint density at radius 3 is 2.59 bits per heavy atom. The van der Waals surface area contributed by atoms with E-state index in [0.29, 0.717) is 23.4 Å². The summed E-state index contributed by atoms with van der Waals surface area (Å²) in [6.07, 6.45) is 4.89. The van der Waals surface area contributed by atoms with Crippen molar-refractivity contribution in [3.8, 4) is 11.5 Å². The zero-order valence-electron chi connectivity index (χ0n) is 19.9. The highest BCUT2D eigenvalue weighted by Gasteiger charge is 2.31. The van der Waals surface area contributed by atoms with E-state index >= 15 is 0 Å². The van der Waals surface area contributed by atoms with Gasteiger partial charge >= 0.3 is 11.9 Å². The lowest BCUT2D eigenvalue weighted by atomic mass is 10.0. The number of nitrogens with one attached hydrogen (secondary N) is 1. The number of carbonyl (C=O) groups is 2. The van der Waals surface area contributed by atoms with Crippen LogP contribution < -0.4 is 14.8 Å². The number of rotatable bonds is 9. The second-order valence-electron chi connectivity index (χ2n) is 7.81. The van der Waals surface area contributed by atoms with E-state index in [0.717, 1.165) is 17.3 Å². The predicted molar refractivity (Wildman–Crippen MR) is 135 cm³/mol. The first-order valence-corrected chi connectivity index (χ1v) is 12.1. The summed E-state index contributed by atoms with van der Waals surface area (Å²) in [5.74, 6) is -0.335. The molecule has 2 amide bonds. The highest BCUT2D eigenvalue weighted by atomic mass is 32.2. The molecular weight excluding hydrogens is 504 g/mol. The maximum atomic E-state index is 12.9. The van der Waals surface area contributed by atoms with Crippen LogP contribution in [-0.4, -0.2) is 50.8 Å². The van der Waals surface area contributed by atoms with Crippen LogP contribution in [0.2, 0.25) is 0 Å². The monoisotopic (exact) mass is 527 g/mol. The minimum atomic E-state index is -3.01. The van der Waals surface area contributed by atoms with E-state index in [-0.39, 0.29) is 34.2 Å². The number of aromatic nitrogens is 2. The molecule has 9 nitrogen and oxygen atoms in total. The highest BCUT2D eigenvalue weighted by molar-refractivity contribution is 8.14. The Bertz CT molecular complexity index is 1290. The van der Waals surface area contributed by atoms with Crippen molar-refractivity contribution in [1.29, 1.82) is 0 Å². The van der Waals surface area contributed by atoms with Crippen LogP contribution in [0.15, 0.2) is 66.2 Å². The number of hydrazone groups is 1. The lowest BCUT2D eigenvalue weighted by Gasteiger charge is -2.28. The molecule has 0 aliphatic carbocycles. The zero-order chi connectivity index (χ0) is 26.4. The lowest BCUT2D eigenvalue weighted by molar-refractivity contribution is -0.0512. The van der Waals surface area contributed by atoms with Gasteiger partial charge in [0, 0.05) is 23.6 Å². The third-order valence-corrected chi connectivity index (χ3v) is 6.63. The number of halogens is 2. The Labute approximate surface area is 215 Å². The van der Waals surface area contributed by atoms with Crippen molar-refractivity contribution in [2.24, 2.45) is 5.10 Å². The Balaban J connectivity index is 1.53. The SMILES string of the molecule is CCC1SC(=O)N(Cc2ccc(NC(=O)c3cnccn3)cc2)N=C1c1ccc(OC)c(OC(F)F)c1. The highest BCUT2D eigenvalue weighted by Crippen LogP contribution is 2.34. The summed E-state index contributed by atoms with van der Waals surface area (Å²) >= 11 is 1.12. The Kier molecular flexibility index (Phi) is 8.29. The molecular formula is C25H23F2N5O4S. The summed E-state index contributed by atoms with van der Waals surface area (Å²) in [5, 5.41) is 8.16. The topological polar surface area (TPSA) is 106 Å². The largest absolute Gasteiger partial charge is 0.493 e. The summed E-state index contributed by atoms with van der Waals surface area (Å²) < 4.78 is 35.5. The van der Waals surface area contributed by atoms with Gasteiger partial charge in [0.05, 0.1) is 30.8 Å². The number of methoxy groups -OCH3 is 1. The number of hydrogen-bond donors (Lipinski definition) is 1. The van der Waals surface area contributed by atoms with Crippen LogP contribution in [0.3, 0.4) is 0 Å². The molecule has 1 atom stereocenters. The smallest absolute Gasteiger partial charge is 0.387 e. The van der Waals surface area contributed by atoms with Crippen molar-refractivity contribution in [2.45, 2.75) is 31.8 Å². The fourth-order valence-corrected chi connectivity index (χ4v) is 4.53. The van der Waals surface area contributed by atoms with Crippen LogP contribution in [0.5, 0.6) is 11.5 Å². The molecule has 1 aliphatic heterocycles. The second kappa shape index (κ2) is 11.8. The molecule has 3 aromatic rings. The predicted octanol–water partition coefficient (Wildman–Crippen LogP) is 5.19. The molecule has 1 unspecified atom stereocenters. The van der Waals surface area contributed by atoms with Gasteiger partial charge in [-0.25, -0.2) is 9.99 Å². The molecule has 4 rings (SSSR count). The number of carbonyl (C=O) groups excluding carboxylic acids is 2. The number of benzene rings is 2. The van der Waals surface area contributed by atoms with Crippen LogP contribution in [0.4, 0.5) is 19.3 Å².